The van der Waals surface area contributed by atoms with Gasteiger partial charge in [0.25, 0.3) is 0 Å². The van der Waals surface area contributed by atoms with Crippen LogP contribution in [0.25, 0.3) is 11.0 Å². The smallest absolute Gasteiger partial charge is 0.111 e. The molecular formula is C17H20ClIN2. The van der Waals surface area contributed by atoms with Crippen LogP contribution in [0.2, 0.25) is 0 Å². The maximum Gasteiger partial charge on any atom is 0.111 e. The van der Waals surface area contributed by atoms with Crippen LogP contribution in [0.15, 0.2) is 18.2 Å². The first-order valence-corrected chi connectivity index (χ1v) is 9.58. The number of halogens is 2. The number of alkyl halides is 1. The molecule has 112 valence electrons. The Balaban J connectivity index is 1.72. The van der Waals surface area contributed by atoms with Gasteiger partial charge in [0.1, 0.15) is 5.82 Å². The van der Waals surface area contributed by atoms with Crippen LogP contribution in [-0.2, 0) is 13.0 Å². The van der Waals surface area contributed by atoms with Crippen LogP contribution in [0.1, 0.15) is 31.5 Å². The lowest BCUT2D eigenvalue weighted by Crippen LogP contribution is -2.17. The summed E-state index contributed by atoms with van der Waals surface area (Å²) in [4.78, 5) is 4.85. The Bertz CT molecular complexity index is 646. The summed E-state index contributed by atoms with van der Waals surface area (Å²) in [5.41, 5.74) is 2.43. The first kappa shape index (κ1) is 14.3. The van der Waals surface area contributed by atoms with Gasteiger partial charge in [-0.05, 0) is 84.2 Å². The summed E-state index contributed by atoms with van der Waals surface area (Å²) in [6.45, 7) is 1.15. The van der Waals surface area contributed by atoms with Gasteiger partial charge in [0, 0.05) is 22.4 Å². The van der Waals surface area contributed by atoms with Crippen LogP contribution in [0.5, 0.6) is 0 Å². The minimum atomic E-state index is 0.651. The van der Waals surface area contributed by atoms with Gasteiger partial charge in [-0.3, -0.25) is 0 Å². The molecule has 2 aliphatic carbocycles. The van der Waals surface area contributed by atoms with E-state index in [9.17, 15) is 0 Å². The second kappa shape index (κ2) is 5.73. The molecule has 4 heteroatoms. The van der Waals surface area contributed by atoms with Crippen LogP contribution in [-0.4, -0.2) is 15.4 Å². The molecule has 21 heavy (non-hydrogen) atoms. The fourth-order valence-electron chi connectivity index (χ4n) is 3.57. The molecule has 4 rings (SSSR count). The van der Waals surface area contributed by atoms with Crippen molar-refractivity contribution < 1.29 is 0 Å². The molecule has 2 aromatic rings. The largest absolute Gasteiger partial charge is 0.328 e. The van der Waals surface area contributed by atoms with E-state index in [0.717, 1.165) is 36.2 Å². The summed E-state index contributed by atoms with van der Waals surface area (Å²) >= 11 is 8.36. The third-order valence-corrected chi connectivity index (χ3v) is 5.82. The highest BCUT2D eigenvalue weighted by Crippen LogP contribution is 2.50. The molecule has 0 atom stereocenters. The second-order valence-corrected chi connectivity index (χ2v) is 8.17. The normalized spacial score (nSPS) is 18.8. The zero-order valence-electron chi connectivity index (χ0n) is 12.1. The Morgan fingerprint density at radius 2 is 1.95 bits per heavy atom. The van der Waals surface area contributed by atoms with E-state index < -0.39 is 0 Å². The first-order chi connectivity index (χ1) is 10.3. The maximum atomic E-state index is 6.00. The van der Waals surface area contributed by atoms with Crippen LogP contribution in [0.3, 0.4) is 0 Å². The number of benzene rings is 1. The summed E-state index contributed by atoms with van der Waals surface area (Å²) in [5.74, 6) is 4.65. The van der Waals surface area contributed by atoms with Crippen LogP contribution in [0.4, 0.5) is 0 Å². The molecule has 0 N–H and O–H groups in total. The molecule has 0 radical (unpaired) electrons. The molecule has 0 amide bonds. The predicted molar refractivity (Wildman–Crippen MR) is 95.8 cm³/mol. The molecule has 1 aromatic heterocycles. The van der Waals surface area contributed by atoms with Crippen molar-refractivity contribution in [1.82, 2.24) is 9.55 Å². The van der Waals surface area contributed by atoms with Gasteiger partial charge in [-0.15, -0.1) is 11.6 Å². The Labute approximate surface area is 144 Å². The standard InChI is InChI=1S/C17H20ClIN2/c18-8-7-17-20-15-9-13(19)5-6-16(15)21(17)10-14(11-1-2-11)12-3-4-12/h5-6,9,11-12,14H,1-4,7-8,10H2. The number of nitrogens with zero attached hydrogens (tertiary/aromatic N) is 2. The van der Waals surface area contributed by atoms with Crippen LogP contribution >= 0.6 is 34.2 Å². The van der Waals surface area contributed by atoms with E-state index in [0.29, 0.717) is 5.88 Å². The summed E-state index contributed by atoms with van der Waals surface area (Å²) in [5, 5.41) is 0. The zero-order valence-corrected chi connectivity index (χ0v) is 15.0. The molecule has 0 unspecified atom stereocenters. The van der Waals surface area contributed by atoms with Crippen molar-refractivity contribution in [2.45, 2.75) is 38.6 Å². The second-order valence-electron chi connectivity index (χ2n) is 6.55. The number of hydrogen-bond acceptors (Lipinski definition) is 1. The number of rotatable bonds is 6. The molecule has 0 spiro atoms. The van der Waals surface area contributed by atoms with E-state index in [1.807, 2.05) is 0 Å². The summed E-state index contributed by atoms with van der Waals surface area (Å²) in [6.07, 6.45) is 6.63. The number of imidazole rings is 1. The Morgan fingerprint density at radius 1 is 1.24 bits per heavy atom. The first-order valence-electron chi connectivity index (χ1n) is 7.97. The monoisotopic (exact) mass is 414 g/mol. The average molecular weight is 415 g/mol. The van der Waals surface area contributed by atoms with E-state index in [-0.39, 0.29) is 0 Å². The van der Waals surface area contributed by atoms with Gasteiger partial charge in [0.2, 0.25) is 0 Å². The van der Waals surface area contributed by atoms with E-state index in [2.05, 4.69) is 45.4 Å². The topological polar surface area (TPSA) is 17.8 Å². The summed E-state index contributed by atoms with van der Waals surface area (Å²) in [6, 6.07) is 6.61. The highest BCUT2D eigenvalue weighted by molar-refractivity contribution is 14.1. The molecule has 2 fully saturated rings. The maximum absolute atomic E-state index is 6.00. The van der Waals surface area contributed by atoms with E-state index >= 15 is 0 Å². The molecule has 0 aliphatic heterocycles. The predicted octanol–water partition coefficient (Wildman–Crippen LogP) is 4.86. The highest BCUT2D eigenvalue weighted by atomic mass is 127. The minimum Gasteiger partial charge on any atom is -0.328 e. The zero-order chi connectivity index (χ0) is 14.4. The summed E-state index contributed by atoms with van der Waals surface area (Å²) in [7, 11) is 0. The third-order valence-electron chi connectivity index (χ3n) is 4.96. The number of aromatic nitrogens is 2. The van der Waals surface area contributed by atoms with Crippen LogP contribution < -0.4 is 0 Å². The fourth-order valence-corrected chi connectivity index (χ4v) is 4.22. The quantitative estimate of drug-likeness (QED) is 0.488. The molecule has 1 heterocycles. The molecule has 2 nitrogen and oxygen atoms in total. The van der Waals surface area contributed by atoms with Crippen molar-refractivity contribution in [3.05, 3.63) is 27.6 Å². The molecular weight excluding hydrogens is 395 g/mol. The Hall–Kier alpha value is -0.290. The van der Waals surface area contributed by atoms with Gasteiger partial charge >= 0.3 is 0 Å². The van der Waals surface area contributed by atoms with Gasteiger partial charge < -0.3 is 4.57 Å². The number of fused-ring (bicyclic) bond motifs is 1. The summed E-state index contributed by atoms with van der Waals surface area (Å²) < 4.78 is 3.72. The SMILES string of the molecule is ClCCc1nc2cc(I)ccc2n1CC(C1CC1)C1CC1. The minimum absolute atomic E-state index is 0.651. The van der Waals surface area contributed by atoms with Crippen molar-refractivity contribution in [1.29, 1.82) is 0 Å². The van der Waals surface area contributed by atoms with Gasteiger partial charge in [-0.25, -0.2) is 4.98 Å². The van der Waals surface area contributed by atoms with E-state index in [1.54, 1.807) is 0 Å². The van der Waals surface area contributed by atoms with Crippen LogP contribution in [0, 0.1) is 21.3 Å². The lowest BCUT2D eigenvalue weighted by Gasteiger charge is -2.18. The van der Waals surface area contributed by atoms with E-state index in [4.69, 9.17) is 16.6 Å². The van der Waals surface area contributed by atoms with Crippen molar-refractivity contribution in [3.63, 3.8) is 0 Å². The van der Waals surface area contributed by atoms with Gasteiger partial charge in [-0.2, -0.15) is 0 Å². The fraction of sp³-hybridized carbons (Fsp3) is 0.588. The van der Waals surface area contributed by atoms with Crippen molar-refractivity contribution in [2.24, 2.45) is 17.8 Å². The Kier molecular flexibility index (Phi) is 3.90. The lowest BCUT2D eigenvalue weighted by molar-refractivity contribution is 0.349. The van der Waals surface area contributed by atoms with Gasteiger partial charge in [0.05, 0.1) is 11.0 Å². The van der Waals surface area contributed by atoms with Crippen molar-refractivity contribution >= 4 is 45.2 Å². The van der Waals surface area contributed by atoms with Gasteiger partial charge in [-0.1, -0.05) is 0 Å². The van der Waals surface area contributed by atoms with Crippen molar-refractivity contribution in [3.8, 4) is 0 Å². The van der Waals surface area contributed by atoms with E-state index in [1.165, 1.54) is 40.6 Å². The highest BCUT2D eigenvalue weighted by Gasteiger charge is 2.41. The Morgan fingerprint density at radius 3 is 2.57 bits per heavy atom. The molecule has 1 aromatic carbocycles. The third kappa shape index (κ3) is 2.96. The number of aryl methyl sites for hydroxylation is 1. The molecule has 2 saturated carbocycles. The molecule has 0 bridgehead atoms. The molecule has 2 aliphatic rings. The average Bonchev–Trinajstić information content (AvgIpc) is 3.35. The molecule has 0 saturated heterocycles. The number of hydrogen-bond donors (Lipinski definition) is 0. The van der Waals surface area contributed by atoms with Gasteiger partial charge in [0.15, 0.2) is 0 Å². The lowest BCUT2D eigenvalue weighted by atomic mass is 9.97. The van der Waals surface area contributed by atoms with Crippen molar-refractivity contribution in [2.75, 3.05) is 5.88 Å².